The summed E-state index contributed by atoms with van der Waals surface area (Å²) in [6.07, 6.45) is 0. The first kappa shape index (κ1) is 71.7. The number of para-hydroxylation sites is 12. The van der Waals surface area contributed by atoms with Crippen molar-refractivity contribution in [3.8, 4) is 102 Å². The first-order valence-corrected chi connectivity index (χ1v) is 42.7. The van der Waals surface area contributed by atoms with Gasteiger partial charge in [0, 0.05) is 98.0 Å². The van der Waals surface area contributed by atoms with E-state index in [-0.39, 0.29) is 0 Å². The Balaban J connectivity index is 0.000000137. The van der Waals surface area contributed by atoms with E-state index in [0.717, 1.165) is 145 Å². The SMILES string of the molecule is c1ccc(-c2cc(-c3ccccc3)nc(-c3ccc(-n4c5ccccc5c5ccccc54)c(-n4c5ccccc5c5ccccc54)c3-n3c4ccccc4c4ccccc43)n2)cc1.c1ccc(-c2nc(-c3ccccc3)nc(-c3ccc(-n4c5ccccc5c5ccccc54)c(-n4c5ccccc5c5ccccc54)c3-n3c4ccccc4c4ccccc43)n2)cc1. The van der Waals surface area contributed by atoms with Crippen LogP contribution in [0.2, 0.25) is 0 Å². The van der Waals surface area contributed by atoms with Crippen LogP contribution >= 0.6 is 0 Å². The van der Waals surface area contributed by atoms with E-state index < -0.39 is 0 Å². The maximum atomic E-state index is 5.53. The van der Waals surface area contributed by atoms with E-state index >= 15 is 0 Å². The molecule has 8 heterocycles. The van der Waals surface area contributed by atoms with Crippen molar-refractivity contribution < 1.29 is 0 Å². The van der Waals surface area contributed by atoms with E-state index in [1.54, 1.807) is 0 Å². The lowest BCUT2D eigenvalue weighted by Crippen LogP contribution is -2.12. The van der Waals surface area contributed by atoms with Crippen molar-refractivity contribution in [3.05, 3.63) is 443 Å². The largest absolute Gasteiger partial charge is 0.307 e. The second-order valence-corrected chi connectivity index (χ2v) is 32.1. The van der Waals surface area contributed by atoms with Crippen LogP contribution in [0.1, 0.15) is 0 Å². The molecule has 0 fully saturated rings. The molecule has 0 N–H and O–H groups in total. The Morgan fingerprint density at radius 2 is 0.317 bits per heavy atom. The van der Waals surface area contributed by atoms with Crippen LogP contribution in [-0.4, -0.2) is 52.3 Å². The highest BCUT2D eigenvalue weighted by Crippen LogP contribution is 2.50. The minimum absolute atomic E-state index is 0.579. The molecule has 11 nitrogen and oxygen atoms in total. The highest BCUT2D eigenvalue weighted by molar-refractivity contribution is 6.18. The van der Waals surface area contributed by atoms with Gasteiger partial charge in [-0.05, 0) is 103 Å². The van der Waals surface area contributed by atoms with Gasteiger partial charge in [0.2, 0.25) is 0 Å². The Hall–Kier alpha value is -17.2. The molecule has 26 rings (SSSR count). The van der Waals surface area contributed by atoms with Gasteiger partial charge in [0.1, 0.15) is 0 Å². The summed E-state index contributed by atoms with van der Waals surface area (Å²) in [4.78, 5) is 27.0. The van der Waals surface area contributed by atoms with Gasteiger partial charge < -0.3 is 27.4 Å². The molecule has 0 atom stereocenters. The van der Waals surface area contributed by atoms with Gasteiger partial charge in [-0.15, -0.1) is 0 Å². The molecule has 0 aliphatic heterocycles. The standard InChI is InChI=1S/C58H37N5.C57H36N6/c1-3-19-38(20-4-1)47-37-48(39-21-5-2-6-22-39)60-58(59-47)46-35-36-55(61-49-29-13-7-23-40(49)41-24-8-14-30-50(41)61)57(63-53-33-17-11-27-44(53)45-28-12-18-34-54(45)63)56(46)62-51-31-15-9-25-42(51)43-26-10-16-32-52(43)62;1-3-19-37(20-4-1)55-58-56(38-21-5-2-6-22-38)60-57(59-55)45-35-36-52(61-46-29-13-7-23-39(46)40-24-8-14-30-47(40)61)54(63-50-33-17-11-27-43(50)44-28-12-18-34-51(44)63)53(45)62-48-31-15-9-25-41(48)42-26-10-16-32-49(42)62/h1-37H;1-36H. The third kappa shape index (κ3) is 11.3. The summed E-state index contributed by atoms with van der Waals surface area (Å²) in [6.45, 7) is 0. The molecule has 8 aromatic heterocycles. The first-order valence-electron chi connectivity index (χ1n) is 42.7. The van der Waals surface area contributed by atoms with Gasteiger partial charge in [0.05, 0.1) is 112 Å². The number of nitrogens with zero attached hydrogens (tertiary/aromatic N) is 11. The van der Waals surface area contributed by atoms with Gasteiger partial charge in [0.15, 0.2) is 23.3 Å². The second kappa shape index (κ2) is 29.3. The number of fused-ring (bicyclic) bond motifs is 18. The second-order valence-electron chi connectivity index (χ2n) is 32.1. The molecule has 0 spiro atoms. The highest BCUT2D eigenvalue weighted by Gasteiger charge is 2.32. The summed E-state index contributed by atoms with van der Waals surface area (Å²) in [5.74, 6) is 2.44. The van der Waals surface area contributed by atoms with E-state index in [4.69, 9.17) is 24.9 Å². The maximum absolute atomic E-state index is 5.53. The molecule has 126 heavy (non-hydrogen) atoms. The molecular formula is C115H73N11. The topological polar surface area (TPSA) is 94.0 Å². The number of hydrogen-bond donors (Lipinski definition) is 0. The van der Waals surface area contributed by atoms with Crippen molar-refractivity contribution in [1.82, 2.24) is 52.3 Å². The lowest BCUT2D eigenvalue weighted by Gasteiger charge is -2.24. The Labute approximate surface area is 723 Å². The van der Waals surface area contributed by atoms with Gasteiger partial charge in [-0.1, -0.05) is 340 Å². The molecule has 0 aliphatic carbocycles. The fourth-order valence-electron chi connectivity index (χ4n) is 19.8. The predicted molar refractivity (Wildman–Crippen MR) is 521 cm³/mol. The molecule has 0 bridgehead atoms. The summed E-state index contributed by atoms with van der Waals surface area (Å²) < 4.78 is 14.8. The Kier molecular flexibility index (Phi) is 16.7. The molecule has 0 radical (unpaired) electrons. The van der Waals surface area contributed by atoms with Gasteiger partial charge >= 0.3 is 0 Å². The summed E-state index contributed by atoms with van der Waals surface area (Å²) in [7, 11) is 0. The maximum Gasteiger partial charge on any atom is 0.166 e. The third-order valence-corrected chi connectivity index (χ3v) is 25.2. The predicted octanol–water partition coefficient (Wildman–Crippen LogP) is 28.9. The molecule has 0 amide bonds. The van der Waals surface area contributed by atoms with E-state index in [9.17, 15) is 0 Å². The normalized spacial score (nSPS) is 11.8. The molecule has 0 aliphatic rings. The lowest BCUT2D eigenvalue weighted by molar-refractivity contribution is 1.03. The molecule has 0 unspecified atom stereocenters. The van der Waals surface area contributed by atoms with Crippen molar-refractivity contribution in [1.29, 1.82) is 0 Å². The minimum atomic E-state index is 0.579. The monoisotopic (exact) mass is 1610 g/mol. The summed E-state index contributed by atoms with van der Waals surface area (Å²) in [5, 5.41) is 14.2. The van der Waals surface area contributed by atoms with Gasteiger partial charge in [0.25, 0.3) is 0 Å². The van der Waals surface area contributed by atoms with Gasteiger partial charge in [-0.2, -0.15) is 0 Å². The van der Waals surface area contributed by atoms with Crippen LogP contribution in [0.5, 0.6) is 0 Å². The van der Waals surface area contributed by atoms with Crippen LogP contribution in [0.4, 0.5) is 0 Å². The molecule has 18 aromatic carbocycles. The average Bonchev–Trinajstić information content (AvgIpc) is 1.43. The molecule has 588 valence electrons. The van der Waals surface area contributed by atoms with Crippen LogP contribution in [0, 0.1) is 0 Å². The minimum Gasteiger partial charge on any atom is -0.307 e. The highest BCUT2D eigenvalue weighted by atomic mass is 15.1. The summed E-state index contributed by atoms with van der Waals surface area (Å²) in [6, 6.07) is 158. The molecule has 0 saturated heterocycles. The molecular weight excluding hydrogens is 1540 g/mol. The Morgan fingerprint density at radius 1 is 0.135 bits per heavy atom. The quantitative estimate of drug-likeness (QED) is 0.121. The third-order valence-electron chi connectivity index (χ3n) is 25.2. The van der Waals surface area contributed by atoms with Gasteiger partial charge in [-0.3, -0.25) is 0 Å². The zero-order valence-electron chi connectivity index (χ0n) is 68.1. The fraction of sp³-hybridized carbons (Fsp3) is 0. The van der Waals surface area contributed by atoms with Crippen molar-refractivity contribution in [2.45, 2.75) is 0 Å². The van der Waals surface area contributed by atoms with Crippen molar-refractivity contribution >= 4 is 131 Å². The zero-order chi connectivity index (χ0) is 82.9. The number of hydrogen-bond acceptors (Lipinski definition) is 5. The first-order chi connectivity index (χ1) is 62.6. The Bertz CT molecular complexity index is 7900. The Morgan fingerprint density at radius 3 is 0.556 bits per heavy atom. The molecule has 0 saturated carbocycles. The number of benzene rings is 18. The number of aromatic nitrogens is 11. The van der Waals surface area contributed by atoms with Crippen molar-refractivity contribution in [2.24, 2.45) is 0 Å². The molecule has 11 heteroatoms. The van der Waals surface area contributed by atoms with Crippen LogP contribution in [0.15, 0.2) is 443 Å². The number of rotatable bonds is 12. The van der Waals surface area contributed by atoms with E-state index in [1.807, 2.05) is 36.4 Å². The van der Waals surface area contributed by atoms with E-state index in [0.29, 0.717) is 23.3 Å². The van der Waals surface area contributed by atoms with Gasteiger partial charge in [-0.25, -0.2) is 24.9 Å². The van der Waals surface area contributed by atoms with E-state index in [1.165, 1.54) is 64.6 Å². The van der Waals surface area contributed by atoms with Crippen LogP contribution in [0.25, 0.3) is 233 Å². The lowest BCUT2D eigenvalue weighted by atomic mass is 10.0. The summed E-state index contributed by atoms with van der Waals surface area (Å²) in [5.41, 5.74) is 26.8. The smallest absolute Gasteiger partial charge is 0.166 e. The van der Waals surface area contributed by atoms with Crippen LogP contribution in [0.3, 0.4) is 0 Å². The summed E-state index contributed by atoms with van der Waals surface area (Å²) >= 11 is 0. The van der Waals surface area contributed by atoms with Crippen LogP contribution < -0.4 is 0 Å². The molecule has 26 aromatic rings. The van der Waals surface area contributed by atoms with Crippen molar-refractivity contribution in [2.75, 3.05) is 0 Å². The zero-order valence-corrected chi connectivity index (χ0v) is 68.1. The average molecular weight is 1610 g/mol. The van der Waals surface area contributed by atoms with Crippen LogP contribution in [-0.2, 0) is 0 Å². The van der Waals surface area contributed by atoms with Crippen molar-refractivity contribution in [3.63, 3.8) is 0 Å². The van der Waals surface area contributed by atoms with E-state index in [2.05, 4.69) is 434 Å². The fourth-order valence-corrected chi connectivity index (χ4v) is 19.8.